The molecule has 0 aliphatic heterocycles. The minimum Gasteiger partial charge on any atom is -0.348 e. The van der Waals surface area contributed by atoms with Crippen LogP contribution in [0.3, 0.4) is 0 Å². The van der Waals surface area contributed by atoms with Gasteiger partial charge < -0.3 is 14.5 Å². The molecule has 0 aliphatic rings. The van der Waals surface area contributed by atoms with E-state index >= 15 is 0 Å². The van der Waals surface area contributed by atoms with E-state index in [4.69, 9.17) is 0 Å². The molecule has 1 N–H and O–H groups in total. The highest BCUT2D eigenvalue weighted by Crippen LogP contribution is 2.06. The largest absolute Gasteiger partial charge is 0.348 e. The van der Waals surface area contributed by atoms with E-state index in [2.05, 4.69) is 58.5 Å². The third kappa shape index (κ3) is 3.74. The average molecular weight is 246 g/mol. The number of hydrogen-bond donors (Lipinski definition) is 1. The first-order valence-electron chi connectivity index (χ1n) is 6.39. The predicted molar refractivity (Wildman–Crippen MR) is 73.3 cm³/mol. The Hall–Kier alpha value is -1.55. The van der Waals surface area contributed by atoms with Gasteiger partial charge in [-0.05, 0) is 32.9 Å². The second-order valence-electron chi connectivity index (χ2n) is 5.60. The number of nitrogens with zero attached hydrogens (tertiary/aromatic N) is 3. The van der Waals surface area contributed by atoms with E-state index in [9.17, 15) is 0 Å². The van der Waals surface area contributed by atoms with Crippen LogP contribution in [0.5, 0.6) is 0 Å². The Morgan fingerprint density at radius 3 is 2.72 bits per heavy atom. The maximum Gasteiger partial charge on any atom is 0.0946 e. The minimum atomic E-state index is 0.152. The molecule has 2 aromatic heterocycles. The second-order valence-corrected chi connectivity index (χ2v) is 5.60. The first kappa shape index (κ1) is 12.9. The van der Waals surface area contributed by atoms with Crippen molar-refractivity contribution < 1.29 is 0 Å². The van der Waals surface area contributed by atoms with Gasteiger partial charge in [0.25, 0.3) is 0 Å². The van der Waals surface area contributed by atoms with Crippen LogP contribution < -0.4 is 5.32 Å². The highest BCUT2D eigenvalue weighted by Gasteiger charge is 2.09. The van der Waals surface area contributed by atoms with Gasteiger partial charge in [-0.1, -0.05) is 0 Å². The SMILES string of the molecule is CC(C)(C)NCc1cccn1CCn1ccnc1. The van der Waals surface area contributed by atoms with Gasteiger partial charge in [-0.15, -0.1) is 0 Å². The fraction of sp³-hybridized carbons (Fsp3) is 0.500. The van der Waals surface area contributed by atoms with E-state index < -0.39 is 0 Å². The normalized spacial score (nSPS) is 11.9. The van der Waals surface area contributed by atoms with E-state index in [0.717, 1.165) is 19.6 Å². The molecule has 0 radical (unpaired) electrons. The van der Waals surface area contributed by atoms with Crippen LogP contribution in [0.2, 0.25) is 0 Å². The lowest BCUT2D eigenvalue weighted by atomic mass is 10.1. The lowest BCUT2D eigenvalue weighted by Gasteiger charge is -2.21. The third-order valence-corrected chi connectivity index (χ3v) is 2.88. The Morgan fingerprint density at radius 2 is 2.06 bits per heavy atom. The fourth-order valence-corrected chi connectivity index (χ4v) is 1.83. The molecular weight excluding hydrogens is 224 g/mol. The summed E-state index contributed by atoms with van der Waals surface area (Å²) in [4.78, 5) is 4.05. The van der Waals surface area contributed by atoms with Gasteiger partial charge in [-0.3, -0.25) is 0 Å². The molecule has 0 aromatic carbocycles. The Labute approximate surface area is 109 Å². The van der Waals surface area contributed by atoms with Crippen LogP contribution in [0, 0.1) is 0 Å². The van der Waals surface area contributed by atoms with Gasteiger partial charge in [-0.25, -0.2) is 4.98 Å². The van der Waals surface area contributed by atoms with Crippen molar-refractivity contribution in [1.29, 1.82) is 0 Å². The van der Waals surface area contributed by atoms with Crippen molar-refractivity contribution in [2.45, 2.75) is 45.9 Å². The number of hydrogen-bond acceptors (Lipinski definition) is 2. The van der Waals surface area contributed by atoms with Crippen molar-refractivity contribution in [3.05, 3.63) is 42.7 Å². The Morgan fingerprint density at radius 1 is 1.22 bits per heavy atom. The second kappa shape index (κ2) is 5.40. The van der Waals surface area contributed by atoms with Crippen molar-refractivity contribution in [1.82, 2.24) is 19.4 Å². The number of rotatable bonds is 5. The lowest BCUT2D eigenvalue weighted by molar-refractivity contribution is 0.413. The Kier molecular flexibility index (Phi) is 3.87. The van der Waals surface area contributed by atoms with Gasteiger partial charge in [-0.2, -0.15) is 0 Å². The van der Waals surface area contributed by atoms with Gasteiger partial charge in [0.15, 0.2) is 0 Å². The summed E-state index contributed by atoms with van der Waals surface area (Å²) in [7, 11) is 0. The highest BCUT2D eigenvalue weighted by atomic mass is 15.1. The molecule has 0 unspecified atom stereocenters. The summed E-state index contributed by atoms with van der Waals surface area (Å²) < 4.78 is 4.39. The van der Waals surface area contributed by atoms with Gasteiger partial charge in [0.05, 0.1) is 6.33 Å². The molecule has 0 fully saturated rings. The fourth-order valence-electron chi connectivity index (χ4n) is 1.83. The van der Waals surface area contributed by atoms with Gasteiger partial charge in [0.2, 0.25) is 0 Å². The zero-order valence-corrected chi connectivity index (χ0v) is 11.4. The van der Waals surface area contributed by atoms with E-state index in [0.29, 0.717) is 0 Å². The maximum atomic E-state index is 4.05. The molecule has 98 valence electrons. The molecule has 0 saturated heterocycles. The molecule has 0 spiro atoms. The highest BCUT2D eigenvalue weighted by molar-refractivity contribution is 5.07. The summed E-state index contributed by atoms with van der Waals surface area (Å²) in [6, 6.07) is 4.28. The van der Waals surface area contributed by atoms with Crippen molar-refractivity contribution in [3.63, 3.8) is 0 Å². The number of nitrogens with one attached hydrogen (secondary N) is 1. The maximum absolute atomic E-state index is 4.05. The Balaban J connectivity index is 1.91. The zero-order chi connectivity index (χ0) is 13.0. The summed E-state index contributed by atoms with van der Waals surface area (Å²) >= 11 is 0. The average Bonchev–Trinajstić information content (AvgIpc) is 2.94. The van der Waals surface area contributed by atoms with Crippen LogP contribution >= 0.6 is 0 Å². The van der Waals surface area contributed by atoms with Gasteiger partial charge >= 0.3 is 0 Å². The first-order chi connectivity index (χ1) is 8.54. The molecule has 2 heterocycles. The molecule has 4 heteroatoms. The van der Waals surface area contributed by atoms with E-state index in [1.54, 1.807) is 0 Å². The monoisotopic (exact) mass is 246 g/mol. The number of aryl methyl sites for hydroxylation is 2. The molecule has 0 atom stereocenters. The molecule has 18 heavy (non-hydrogen) atoms. The minimum absolute atomic E-state index is 0.152. The van der Waals surface area contributed by atoms with Crippen molar-refractivity contribution in [2.75, 3.05) is 0 Å². The van der Waals surface area contributed by atoms with Crippen LogP contribution in [-0.2, 0) is 19.6 Å². The van der Waals surface area contributed by atoms with Crippen LogP contribution in [0.25, 0.3) is 0 Å². The zero-order valence-electron chi connectivity index (χ0n) is 11.4. The first-order valence-corrected chi connectivity index (χ1v) is 6.39. The quantitative estimate of drug-likeness (QED) is 0.878. The van der Waals surface area contributed by atoms with Gasteiger partial charge in [0.1, 0.15) is 0 Å². The summed E-state index contributed by atoms with van der Waals surface area (Å²) in [5, 5.41) is 3.52. The molecule has 2 aromatic rings. The summed E-state index contributed by atoms with van der Waals surface area (Å²) in [6.45, 7) is 9.39. The molecular formula is C14H22N4. The van der Waals surface area contributed by atoms with Crippen LogP contribution in [0.15, 0.2) is 37.1 Å². The van der Waals surface area contributed by atoms with Crippen molar-refractivity contribution in [2.24, 2.45) is 0 Å². The molecule has 0 aliphatic carbocycles. The van der Waals surface area contributed by atoms with Crippen molar-refractivity contribution in [3.8, 4) is 0 Å². The van der Waals surface area contributed by atoms with Crippen LogP contribution in [-0.4, -0.2) is 19.7 Å². The number of aromatic nitrogens is 3. The third-order valence-electron chi connectivity index (χ3n) is 2.88. The summed E-state index contributed by atoms with van der Waals surface area (Å²) in [6.07, 6.45) is 7.81. The summed E-state index contributed by atoms with van der Waals surface area (Å²) in [5.41, 5.74) is 1.48. The Bertz CT molecular complexity index is 462. The van der Waals surface area contributed by atoms with E-state index in [1.165, 1.54) is 5.69 Å². The smallest absolute Gasteiger partial charge is 0.0946 e. The van der Waals surface area contributed by atoms with Crippen LogP contribution in [0.4, 0.5) is 0 Å². The standard InChI is InChI=1S/C14H22N4/c1-14(2,3)16-11-13-5-4-7-18(13)10-9-17-8-6-15-12-17/h4-8,12,16H,9-11H2,1-3H3. The van der Waals surface area contributed by atoms with Gasteiger partial charge in [0, 0.05) is 49.5 Å². The summed E-state index contributed by atoms with van der Waals surface area (Å²) in [5.74, 6) is 0. The molecule has 4 nitrogen and oxygen atoms in total. The van der Waals surface area contributed by atoms with Crippen molar-refractivity contribution >= 4 is 0 Å². The molecule has 0 bridgehead atoms. The predicted octanol–water partition coefficient (Wildman–Crippen LogP) is 2.27. The topological polar surface area (TPSA) is 34.8 Å². The van der Waals surface area contributed by atoms with E-state index in [-0.39, 0.29) is 5.54 Å². The molecule has 0 amide bonds. The lowest BCUT2D eigenvalue weighted by Crippen LogP contribution is -2.35. The molecule has 0 saturated carbocycles. The number of imidazole rings is 1. The van der Waals surface area contributed by atoms with Crippen LogP contribution in [0.1, 0.15) is 26.5 Å². The molecule has 2 rings (SSSR count). The van der Waals surface area contributed by atoms with E-state index in [1.807, 2.05) is 18.7 Å².